The first kappa shape index (κ1) is 12.4. The number of aliphatic hydroxyl groups excluding tert-OH is 1. The second-order valence-corrected chi connectivity index (χ2v) is 5.06. The zero-order valence-electron chi connectivity index (χ0n) is 9.90. The Kier molecular flexibility index (Phi) is 3.69. The van der Waals surface area contributed by atoms with Gasteiger partial charge in [0.2, 0.25) is 0 Å². The van der Waals surface area contributed by atoms with Gasteiger partial charge in [-0.2, -0.15) is 0 Å². The number of hydrogen-bond acceptors (Lipinski definition) is 2. The molecule has 0 fully saturated rings. The molecular weight excluding hydrogens is 280 g/mol. The molecule has 1 N–H and O–H groups in total. The number of halogens is 1. The third-order valence-electron chi connectivity index (χ3n) is 2.92. The topological polar surface area (TPSA) is 33.4 Å². The molecule has 90 valence electrons. The Labute approximate surface area is 109 Å². The third-order valence-corrected chi connectivity index (χ3v) is 3.35. The summed E-state index contributed by atoms with van der Waals surface area (Å²) in [6.45, 7) is 4.16. The van der Waals surface area contributed by atoms with Crippen molar-refractivity contribution in [2.45, 2.75) is 26.4 Å². The van der Waals surface area contributed by atoms with Gasteiger partial charge >= 0.3 is 0 Å². The lowest BCUT2D eigenvalue weighted by atomic mass is 10.0. The van der Waals surface area contributed by atoms with Crippen LogP contribution in [0.1, 0.15) is 28.6 Å². The molecule has 0 aliphatic rings. The number of furan rings is 1. The molecule has 0 saturated carbocycles. The lowest BCUT2D eigenvalue weighted by molar-refractivity contribution is 0.149. The van der Waals surface area contributed by atoms with Crippen LogP contribution in [0.25, 0.3) is 0 Å². The predicted molar refractivity (Wildman–Crippen MR) is 71.0 cm³/mol. The van der Waals surface area contributed by atoms with Crippen molar-refractivity contribution in [2.75, 3.05) is 0 Å². The molecule has 0 spiro atoms. The smallest absolute Gasteiger partial charge is 0.169 e. The van der Waals surface area contributed by atoms with Gasteiger partial charge in [-0.3, -0.25) is 0 Å². The van der Waals surface area contributed by atoms with Gasteiger partial charge in [-0.1, -0.05) is 18.2 Å². The Morgan fingerprint density at radius 1 is 1.18 bits per heavy atom. The van der Waals surface area contributed by atoms with E-state index in [1.54, 1.807) is 12.1 Å². The van der Waals surface area contributed by atoms with E-state index >= 15 is 0 Å². The van der Waals surface area contributed by atoms with E-state index in [-0.39, 0.29) is 0 Å². The number of benzene rings is 1. The maximum Gasteiger partial charge on any atom is 0.169 e. The molecule has 2 nitrogen and oxygen atoms in total. The molecule has 3 heteroatoms. The highest BCUT2D eigenvalue weighted by Gasteiger charge is 2.12. The highest BCUT2D eigenvalue weighted by molar-refractivity contribution is 9.10. The lowest BCUT2D eigenvalue weighted by Crippen LogP contribution is -2.00. The highest BCUT2D eigenvalue weighted by Crippen LogP contribution is 2.24. The lowest BCUT2D eigenvalue weighted by Gasteiger charge is -2.09. The molecule has 0 radical (unpaired) electrons. The van der Waals surface area contributed by atoms with Crippen LogP contribution in [-0.2, 0) is 6.42 Å². The fourth-order valence-electron chi connectivity index (χ4n) is 1.76. The number of aliphatic hydroxyl groups is 1. The van der Waals surface area contributed by atoms with Crippen molar-refractivity contribution < 1.29 is 9.52 Å². The second kappa shape index (κ2) is 5.07. The van der Waals surface area contributed by atoms with Crippen LogP contribution in [0, 0.1) is 13.8 Å². The van der Waals surface area contributed by atoms with Gasteiger partial charge in [0, 0.05) is 6.42 Å². The van der Waals surface area contributed by atoms with E-state index in [2.05, 4.69) is 41.9 Å². The molecule has 1 aromatic carbocycles. The largest absolute Gasteiger partial charge is 0.452 e. The van der Waals surface area contributed by atoms with Crippen molar-refractivity contribution in [2.24, 2.45) is 0 Å². The summed E-state index contributed by atoms with van der Waals surface area (Å²) in [4.78, 5) is 0. The van der Waals surface area contributed by atoms with E-state index in [1.807, 2.05) is 6.07 Å². The Morgan fingerprint density at radius 3 is 2.53 bits per heavy atom. The quantitative estimate of drug-likeness (QED) is 0.930. The first-order valence-corrected chi connectivity index (χ1v) is 6.35. The van der Waals surface area contributed by atoms with Crippen molar-refractivity contribution in [3.05, 3.63) is 57.5 Å². The molecule has 17 heavy (non-hydrogen) atoms. The fourth-order valence-corrected chi connectivity index (χ4v) is 2.08. The van der Waals surface area contributed by atoms with Gasteiger partial charge in [-0.15, -0.1) is 0 Å². The van der Waals surface area contributed by atoms with E-state index in [0.717, 1.165) is 5.56 Å². The number of hydrogen-bond donors (Lipinski definition) is 1. The zero-order valence-corrected chi connectivity index (χ0v) is 11.5. The fraction of sp³-hybridized carbons (Fsp3) is 0.286. The second-order valence-electron chi connectivity index (χ2n) is 4.28. The minimum Gasteiger partial charge on any atom is -0.452 e. The molecule has 0 aliphatic heterocycles. The van der Waals surface area contributed by atoms with Crippen LogP contribution in [0.3, 0.4) is 0 Å². The molecule has 2 aromatic rings. The van der Waals surface area contributed by atoms with Crippen LogP contribution in [0.5, 0.6) is 0 Å². The van der Waals surface area contributed by atoms with Gasteiger partial charge in [-0.05, 0) is 58.6 Å². The molecule has 1 aromatic heterocycles. The van der Waals surface area contributed by atoms with Crippen molar-refractivity contribution >= 4 is 15.9 Å². The van der Waals surface area contributed by atoms with Crippen molar-refractivity contribution in [3.63, 3.8) is 0 Å². The van der Waals surface area contributed by atoms with Crippen molar-refractivity contribution in [1.29, 1.82) is 0 Å². The van der Waals surface area contributed by atoms with Crippen molar-refractivity contribution in [1.82, 2.24) is 0 Å². The summed E-state index contributed by atoms with van der Waals surface area (Å²) in [6.07, 6.45) is -0.0236. The summed E-state index contributed by atoms with van der Waals surface area (Å²) in [5.74, 6) is 0.593. The van der Waals surface area contributed by atoms with Gasteiger partial charge in [0.05, 0.1) is 0 Å². The molecule has 2 rings (SSSR count). The normalized spacial score (nSPS) is 12.7. The van der Waals surface area contributed by atoms with E-state index < -0.39 is 6.10 Å². The molecule has 1 heterocycles. The number of aryl methyl sites for hydroxylation is 2. The molecule has 1 unspecified atom stereocenters. The summed E-state index contributed by atoms with van der Waals surface area (Å²) < 4.78 is 5.98. The summed E-state index contributed by atoms with van der Waals surface area (Å²) in [7, 11) is 0. The Balaban J connectivity index is 2.12. The zero-order chi connectivity index (χ0) is 12.4. The summed E-state index contributed by atoms with van der Waals surface area (Å²) in [5, 5.41) is 10.0. The van der Waals surface area contributed by atoms with Crippen LogP contribution >= 0.6 is 15.9 Å². The van der Waals surface area contributed by atoms with Crippen LogP contribution < -0.4 is 0 Å². The van der Waals surface area contributed by atoms with E-state index in [9.17, 15) is 5.11 Å². The maximum absolute atomic E-state index is 10.0. The average Bonchev–Trinajstić information content (AvgIpc) is 2.70. The summed E-state index contributed by atoms with van der Waals surface area (Å²) >= 11 is 3.23. The maximum atomic E-state index is 10.0. The Hall–Kier alpha value is -1.06. The first-order chi connectivity index (χ1) is 8.06. The highest BCUT2D eigenvalue weighted by atomic mass is 79.9. The third kappa shape index (κ3) is 2.99. The summed E-state index contributed by atoms with van der Waals surface area (Å²) in [5.41, 5.74) is 3.63. The van der Waals surface area contributed by atoms with Gasteiger partial charge in [0.1, 0.15) is 11.9 Å². The van der Waals surface area contributed by atoms with Gasteiger partial charge in [0.15, 0.2) is 4.67 Å². The van der Waals surface area contributed by atoms with Gasteiger partial charge in [-0.25, -0.2) is 0 Å². The molecule has 0 amide bonds. The molecular formula is C14H15BrO2. The molecule has 1 atom stereocenters. The summed E-state index contributed by atoms with van der Waals surface area (Å²) in [6, 6.07) is 9.81. The van der Waals surface area contributed by atoms with E-state index in [4.69, 9.17) is 4.42 Å². The average molecular weight is 295 g/mol. The SMILES string of the molecule is Cc1ccc(CC(O)c2ccc(Br)o2)cc1C. The molecule has 0 aliphatic carbocycles. The standard InChI is InChI=1S/C14H15BrO2/c1-9-3-4-11(7-10(9)2)8-12(16)13-5-6-14(15)17-13/h3-7,12,16H,8H2,1-2H3. The van der Waals surface area contributed by atoms with Crippen LogP contribution in [0.4, 0.5) is 0 Å². The predicted octanol–water partition coefficient (Wildman–Crippen LogP) is 3.94. The van der Waals surface area contributed by atoms with Gasteiger partial charge in [0.25, 0.3) is 0 Å². The van der Waals surface area contributed by atoms with Crippen LogP contribution in [0.15, 0.2) is 39.4 Å². The van der Waals surface area contributed by atoms with Crippen molar-refractivity contribution in [3.8, 4) is 0 Å². The minimum absolute atomic E-state index is 0.571. The van der Waals surface area contributed by atoms with Crippen LogP contribution in [-0.4, -0.2) is 5.11 Å². The van der Waals surface area contributed by atoms with E-state index in [0.29, 0.717) is 16.9 Å². The Bertz CT molecular complexity index is 517. The Morgan fingerprint density at radius 2 is 1.94 bits per heavy atom. The van der Waals surface area contributed by atoms with Gasteiger partial charge < -0.3 is 9.52 Å². The molecule has 0 bridgehead atoms. The first-order valence-electron chi connectivity index (χ1n) is 5.55. The number of rotatable bonds is 3. The minimum atomic E-state index is -0.594. The van der Waals surface area contributed by atoms with E-state index in [1.165, 1.54) is 11.1 Å². The van der Waals surface area contributed by atoms with Crippen LogP contribution in [0.2, 0.25) is 0 Å². The molecule has 0 saturated heterocycles. The monoisotopic (exact) mass is 294 g/mol.